The molecule has 0 radical (unpaired) electrons. The number of carbonyl (C=O) groups is 1. The van der Waals surface area contributed by atoms with Crippen LogP contribution in [0.2, 0.25) is 0 Å². The molecule has 5 aliphatic rings. The number of nitrogens with zero attached hydrogens (tertiary/aromatic N) is 5. The number of anilines is 2. The summed E-state index contributed by atoms with van der Waals surface area (Å²) in [6.07, 6.45) is 9.26. The number of ketones is 1. The second kappa shape index (κ2) is 8.91. The molecule has 1 aliphatic heterocycles. The Hall–Kier alpha value is -3.41. The smallest absolute Gasteiger partial charge is 0.319 e. The minimum absolute atomic E-state index is 0.0698. The second-order valence-electron chi connectivity index (χ2n) is 11.3. The monoisotopic (exact) mass is 488 g/mol. The Labute approximate surface area is 211 Å². The summed E-state index contributed by atoms with van der Waals surface area (Å²) in [5.41, 5.74) is 6.10. The van der Waals surface area contributed by atoms with Crippen LogP contribution in [-0.4, -0.2) is 47.0 Å². The Morgan fingerprint density at radius 2 is 1.97 bits per heavy atom. The predicted octanol–water partition coefficient (Wildman–Crippen LogP) is 3.80. The van der Waals surface area contributed by atoms with Gasteiger partial charge in [-0.3, -0.25) is 4.79 Å². The van der Waals surface area contributed by atoms with Crippen molar-refractivity contribution in [2.45, 2.75) is 51.4 Å². The third-order valence-corrected chi connectivity index (χ3v) is 8.46. The van der Waals surface area contributed by atoms with Crippen LogP contribution in [0.25, 0.3) is 0 Å². The summed E-state index contributed by atoms with van der Waals surface area (Å²) in [6.45, 7) is 2.46. The van der Waals surface area contributed by atoms with Gasteiger partial charge >= 0.3 is 6.01 Å². The number of nitrogens with two attached hydrogens (primary N) is 1. The van der Waals surface area contributed by atoms with Crippen molar-refractivity contribution in [2.75, 3.05) is 36.9 Å². The molecule has 2 N–H and O–H groups in total. The molecule has 9 nitrogen and oxygen atoms in total. The summed E-state index contributed by atoms with van der Waals surface area (Å²) >= 11 is 0. The Bertz CT molecular complexity index is 1180. The summed E-state index contributed by atoms with van der Waals surface area (Å²) in [7, 11) is 0. The lowest BCUT2D eigenvalue weighted by molar-refractivity contribution is -0.103. The van der Waals surface area contributed by atoms with Crippen LogP contribution in [0.3, 0.4) is 0 Å². The van der Waals surface area contributed by atoms with Crippen LogP contribution in [0.4, 0.5) is 11.6 Å². The van der Waals surface area contributed by atoms with Crippen LogP contribution in [0.5, 0.6) is 11.8 Å². The van der Waals surface area contributed by atoms with E-state index in [9.17, 15) is 10.1 Å². The van der Waals surface area contributed by atoms with E-state index in [0.29, 0.717) is 36.2 Å². The van der Waals surface area contributed by atoms with Crippen LogP contribution in [0, 0.1) is 34.0 Å². The van der Waals surface area contributed by atoms with Crippen molar-refractivity contribution in [3.05, 3.63) is 30.1 Å². The van der Waals surface area contributed by atoms with E-state index < -0.39 is 5.41 Å². The number of carbonyl (C=O) groups excluding carboxylic acids is 1. The molecule has 4 aliphatic carbocycles. The Balaban J connectivity index is 1.12. The first-order valence-electron chi connectivity index (χ1n) is 13.0. The van der Waals surface area contributed by atoms with Gasteiger partial charge in [0.1, 0.15) is 18.1 Å². The lowest BCUT2D eigenvalue weighted by atomic mass is 9.43. The van der Waals surface area contributed by atoms with Crippen LogP contribution in [-0.2, 0) is 0 Å². The summed E-state index contributed by atoms with van der Waals surface area (Å²) in [4.78, 5) is 28.6. The van der Waals surface area contributed by atoms with Gasteiger partial charge in [-0.15, -0.1) is 0 Å². The molecule has 4 saturated carbocycles. The second-order valence-corrected chi connectivity index (χ2v) is 11.3. The molecule has 3 heterocycles. The maximum absolute atomic E-state index is 13.2. The molecule has 2 bridgehead atoms. The molecule has 2 aromatic heterocycles. The quantitative estimate of drug-likeness (QED) is 0.497. The van der Waals surface area contributed by atoms with Gasteiger partial charge in [0, 0.05) is 31.8 Å². The number of pyridine rings is 1. The van der Waals surface area contributed by atoms with E-state index in [0.717, 1.165) is 50.5 Å². The molecule has 188 valence electrons. The third-order valence-electron chi connectivity index (χ3n) is 8.46. The van der Waals surface area contributed by atoms with Crippen molar-refractivity contribution in [1.29, 1.82) is 5.26 Å². The highest BCUT2D eigenvalue weighted by Gasteiger charge is 2.57. The molecule has 0 aromatic carbocycles. The molecular formula is C27H32N6O3. The molecule has 9 heteroatoms. The van der Waals surface area contributed by atoms with Crippen LogP contribution < -0.4 is 20.1 Å². The number of aromatic nitrogens is 3. The van der Waals surface area contributed by atoms with Crippen molar-refractivity contribution in [2.24, 2.45) is 22.7 Å². The first-order valence-corrected chi connectivity index (χ1v) is 13.0. The summed E-state index contributed by atoms with van der Waals surface area (Å²) < 4.78 is 11.8. The molecule has 0 spiro atoms. The highest BCUT2D eigenvalue weighted by molar-refractivity contribution is 5.95. The third kappa shape index (κ3) is 4.57. The maximum atomic E-state index is 13.2. The van der Waals surface area contributed by atoms with E-state index in [-0.39, 0.29) is 23.8 Å². The van der Waals surface area contributed by atoms with E-state index in [4.69, 9.17) is 15.2 Å². The largest absolute Gasteiger partial charge is 0.489 e. The lowest BCUT2D eigenvalue weighted by Crippen LogP contribution is -2.52. The van der Waals surface area contributed by atoms with Gasteiger partial charge in [0.25, 0.3) is 0 Å². The number of nitriles is 1. The fraction of sp³-hybridized carbons (Fsp3) is 0.593. The van der Waals surface area contributed by atoms with Gasteiger partial charge in [-0.1, -0.05) is 0 Å². The van der Waals surface area contributed by atoms with Gasteiger partial charge in [-0.2, -0.15) is 15.2 Å². The standard InChI is InChI=1S/C27H32N6O3/c28-16-26(5-6-26)17-36-25-31-20(21(34)14-27-11-19(12-27)13-27)10-23(32-25)33-8-3-18(4-9-33)15-35-22-2-1-7-30-24(22)29/h1-2,7,10,18-19H,3-6,8-9,11-15,17H2,(H2,29,30). The number of Topliss-reactive ketones (excluding diaryl/α,β-unsaturated/α-hetero) is 1. The molecule has 0 unspecified atom stereocenters. The molecule has 0 amide bonds. The first kappa shape index (κ1) is 23.0. The number of nitrogen functional groups attached to an aromatic ring is 1. The number of piperidine rings is 1. The van der Waals surface area contributed by atoms with Crippen LogP contribution in [0.1, 0.15) is 61.9 Å². The highest BCUT2D eigenvalue weighted by atomic mass is 16.5. The van der Waals surface area contributed by atoms with E-state index >= 15 is 0 Å². The highest BCUT2D eigenvalue weighted by Crippen LogP contribution is 2.66. The first-order chi connectivity index (χ1) is 17.4. The van der Waals surface area contributed by atoms with Crippen molar-refractivity contribution in [3.63, 3.8) is 0 Å². The van der Waals surface area contributed by atoms with Gasteiger partial charge in [-0.25, -0.2) is 4.98 Å². The fourth-order valence-corrected chi connectivity index (χ4v) is 5.79. The molecule has 36 heavy (non-hydrogen) atoms. The summed E-state index contributed by atoms with van der Waals surface area (Å²) in [5.74, 6) is 3.05. The van der Waals surface area contributed by atoms with Crippen LogP contribution in [0.15, 0.2) is 24.4 Å². The summed E-state index contributed by atoms with van der Waals surface area (Å²) in [5, 5.41) is 9.40. The van der Waals surface area contributed by atoms with E-state index in [1.165, 1.54) is 19.3 Å². The maximum Gasteiger partial charge on any atom is 0.319 e. The molecule has 7 rings (SSSR count). The van der Waals surface area contributed by atoms with Gasteiger partial charge in [-0.05, 0) is 74.3 Å². The van der Waals surface area contributed by atoms with Crippen molar-refractivity contribution < 1.29 is 14.3 Å². The van der Waals surface area contributed by atoms with Gasteiger partial charge in [0.15, 0.2) is 17.4 Å². The Kier molecular flexibility index (Phi) is 5.70. The molecule has 1 saturated heterocycles. The summed E-state index contributed by atoms with van der Waals surface area (Å²) in [6, 6.07) is 8.02. The van der Waals surface area contributed by atoms with Gasteiger partial charge in [0.2, 0.25) is 0 Å². The molecule has 0 atom stereocenters. The topological polar surface area (TPSA) is 127 Å². The Morgan fingerprint density at radius 3 is 2.61 bits per heavy atom. The number of hydrogen-bond donors (Lipinski definition) is 1. The number of hydrogen-bond acceptors (Lipinski definition) is 9. The average molecular weight is 489 g/mol. The van der Waals surface area contributed by atoms with Crippen LogP contribution >= 0.6 is 0 Å². The van der Waals surface area contributed by atoms with Crippen molar-refractivity contribution in [3.8, 4) is 17.8 Å². The number of rotatable bonds is 10. The van der Waals surface area contributed by atoms with Gasteiger partial charge in [0.05, 0.1) is 18.1 Å². The lowest BCUT2D eigenvalue weighted by Gasteiger charge is -2.61. The SMILES string of the molecule is N#CC1(COc2nc(C(=O)CC34CC(C3)C4)cc(N3CCC(COc4cccnc4N)CC3)n2)CC1. The van der Waals surface area contributed by atoms with Crippen molar-refractivity contribution >= 4 is 17.4 Å². The van der Waals surface area contributed by atoms with E-state index in [1.54, 1.807) is 6.20 Å². The van der Waals surface area contributed by atoms with Crippen molar-refractivity contribution in [1.82, 2.24) is 15.0 Å². The fourth-order valence-electron chi connectivity index (χ4n) is 5.79. The normalized spacial score (nSPS) is 25.8. The average Bonchev–Trinajstić information content (AvgIpc) is 3.64. The number of ether oxygens (including phenoxy) is 2. The minimum Gasteiger partial charge on any atom is -0.489 e. The van der Waals surface area contributed by atoms with E-state index in [2.05, 4.69) is 25.9 Å². The van der Waals surface area contributed by atoms with E-state index in [1.807, 2.05) is 18.2 Å². The zero-order chi connectivity index (χ0) is 24.8. The zero-order valence-corrected chi connectivity index (χ0v) is 20.5. The molecular weight excluding hydrogens is 456 g/mol. The minimum atomic E-state index is -0.425. The Morgan fingerprint density at radius 1 is 1.19 bits per heavy atom. The predicted molar refractivity (Wildman–Crippen MR) is 133 cm³/mol. The zero-order valence-electron chi connectivity index (χ0n) is 20.5. The van der Waals surface area contributed by atoms with Gasteiger partial charge < -0.3 is 20.1 Å². The molecule has 5 fully saturated rings. The molecule has 2 aromatic rings.